The number of nitrogens with zero attached hydrogens (tertiary/aromatic N) is 1. The van der Waals surface area contributed by atoms with Crippen LogP contribution in [0.4, 0.5) is 8.78 Å². The van der Waals surface area contributed by atoms with Gasteiger partial charge in [-0.3, -0.25) is 4.90 Å². The van der Waals surface area contributed by atoms with Crippen molar-refractivity contribution in [3.8, 4) is 0 Å². The van der Waals surface area contributed by atoms with Gasteiger partial charge in [-0.15, -0.1) is 0 Å². The Labute approximate surface area is 65.6 Å². The lowest BCUT2D eigenvalue weighted by Gasteiger charge is -2.39. The number of hydrogen-bond donors (Lipinski definition) is 1. The highest BCUT2D eigenvalue weighted by atomic mass is 19.3. The van der Waals surface area contributed by atoms with Crippen molar-refractivity contribution in [3.05, 3.63) is 0 Å². The summed E-state index contributed by atoms with van der Waals surface area (Å²) in [6.45, 7) is 4.43. The van der Waals surface area contributed by atoms with Crippen LogP contribution in [-0.2, 0) is 0 Å². The summed E-state index contributed by atoms with van der Waals surface area (Å²) in [5.74, 6) is 0. The maximum Gasteiger partial charge on any atom is 0.251 e. The summed E-state index contributed by atoms with van der Waals surface area (Å²) < 4.78 is 23.5. The van der Waals surface area contributed by atoms with E-state index < -0.39 is 6.43 Å². The quantitative estimate of drug-likeness (QED) is 0.652. The van der Waals surface area contributed by atoms with Gasteiger partial charge in [0.2, 0.25) is 0 Å². The van der Waals surface area contributed by atoms with Crippen LogP contribution in [0, 0.1) is 0 Å². The zero-order valence-electron chi connectivity index (χ0n) is 6.69. The third-order valence-electron chi connectivity index (χ3n) is 1.85. The molecule has 0 aromatic rings. The Morgan fingerprint density at radius 3 is 2.64 bits per heavy atom. The first-order valence-electron chi connectivity index (χ1n) is 3.96. The van der Waals surface area contributed by atoms with E-state index in [1.165, 1.54) is 0 Å². The molecule has 1 saturated heterocycles. The van der Waals surface area contributed by atoms with Crippen molar-refractivity contribution in [1.29, 1.82) is 0 Å². The maximum atomic E-state index is 11.8. The predicted molar refractivity (Wildman–Crippen MR) is 39.9 cm³/mol. The van der Waals surface area contributed by atoms with Crippen LogP contribution in [0.2, 0.25) is 0 Å². The molecule has 0 aromatic heterocycles. The Kier molecular flexibility index (Phi) is 3.20. The van der Waals surface area contributed by atoms with Crippen LogP contribution in [0.3, 0.4) is 0 Å². The van der Waals surface area contributed by atoms with E-state index in [1.54, 1.807) is 4.90 Å². The predicted octanol–water partition coefficient (Wildman–Crippen LogP) is 0.545. The number of nitrogens with one attached hydrogen (secondary N) is 1. The third-order valence-corrected chi connectivity index (χ3v) is 1.85. The minimum absolute atomic E-state index is 0.0676. The van der Waals surface area contributed by atoms with E-state index in [0.717, 1.165) is 19.6 Å². The summed E-state index contributed by atoms with van der Waals surface area (Å²) >= 11 is 0. The van der Waals surface area contributed by atoms with Crippen molar-refractivity contribution in [1.82, 2.24) is 10.2 Å². The van der Waals surface area contributed by atoms with E-state index in [4.69, 9.17) is 0 Å². The molecule has 0 saturated carbocycles. The Hall–Kier alpha value is -0.220. The molecule has 11 heavy (non-hydrogen) atoms. The van der Waals surface area contributed by atoms with Crippen molar-refractivity contribution in [2.75, 3.05) is 26.2 Å². The second kappa shape index (κ2) is 3.97. The van der Waals surface area contributed by atoms with E-state index in [0.29, 0.717) is 6.04 Å². The number of rotatable bonds is 4. The minimum Gasteiger partial charge on any atom is -0.312 e. The zero-order chi connectivity index (χ0) is 8.27. The van der Waals surface area contributed by atoms with Gasteiger partial charge in [0, 0.05) is 19.1 Å². The second-order valence-electron chi connectivity index (χ2n) is 2.86. The molecule has 0 radical (unpaired) electrons. The van der Waals surface area contributed by atoms with Crippen LogP contribution in [0.25, 0.3) is 0 Å². The van der Waals surface area contributed by atoms with Gasteiger partial charge in [-0.25, -0.2) is 8.78 Å². The molecule has 2 nitrogen and oxygen atoms in total. The average Bonchev–Trinajstić information content (AvgIpc) is 1.82. The molecule has 1 fully saturated rings. The van der Waals surface area contributed by atoms with E-state index in [2.05, 4.69) is 5.32 Å². The molecule has 4 heteroatoms. The highest BCUT2D eigenvalue weighted by molar-refractivity contribution is 4.85. The first-order chi connectivity index (χ1) is 5.22. The monoisotopic (exact) mass is 164 g/mol. The van der Waals surface area contributed by atoms with Gasteiger partial charge in [-0.2, -0.15) is 0 Å². The van der Waals surface area contributed by atoms with Crippen molar-refractivity contribution in [2.45, 2.75) is 19.4 Å². The number of likely N-dealkylation sites (tertiary alicyclic amines) is 1. The molecule has 1 rings (SSSR count). The summed E-state index contributed by atoms with van der Waals surface area (Å²) in [4.78, 5) is 1.76. The van der Waals surface area contributed by atoms with Gasteiger partial charge >= 0.3 is 0 Å². The largest absolute Gasteiger partial charge is 0.312 e. The molecule has 1 N–H and O–H groups in total. The maximum absolute atomic E-state index is 11.8. The first-order valence-corrected chi connectivity index (χ1v) is 3.96. The standard InChI is InChI=1S/C7H14F2N2/c1-2-10-6-3-11(4-6)5-7(8)9/h6-7,10H,2-5H2,1H3. The van der Waals surface area contributed by atoms with Gasteiger partial charge in [-0.05, 0) is 6.54 Å². The fourth-order valence-electron chi connectivity index (χ4n) is 1.33. The molecule has 0 atom stereocenters. The third kappa shape index (κ3) is 2.71. The molecule has 1 aliphatic heterocycles. The van der Waals surface area contributed by atoms with Crippen LogP contribution in [0.1, 0.15) is 6.92 Å². The molecule has 0 amide bonds. The smallest absolute Gasteiger partial charge is 0.251 e. The van der Waals surface area contributed by atoms with Crippen molar-refractivity contribution < 1.29 is 8.78 Å². The number of halogens is 2. The molecule has 1 aliphatic rings. The van der Waals surface area contributed by atoms with Gasteiger partial charge in [-0.1, -0.05) is 6.92 Å². The van der Waals surface area contributed by atoms with Crippen LogP contribution < -0.4 is 5.32 Å². The van der Waals surface area contributed by atoms with Crippen molar-refractivity contribution in [3.63, 3.8) is 0 Å². The zero-order valence-corrected chi connectivity index (χ0v) is 6.69. The van der Waals surface area contributed by atoms with E-state index in [1.807, 2.05) is 6.92 Å². The van der Waals surface area contributed by atoms with Crippen LogP contribution in [0.5, 0.6) is 0 Å². The molecule has 0 spiro atoms. The van der Waals surface area contributed by atoms with Crippen LogP contribution >= 0.6 is 0 Å². The van der Waals surface area contributed by atoms with Crippen molar-refractivity contribution in [2.24, 2.45) is 0 Å². The fraction of sp³-hybridized carbons (Fsp3) is 1.00. The number of hydrogen-bond acceptors (Lipinski definition) is 2. The first kappa shape index (κ1) is 8.87. The number of alkyl halides is 2. The Morgan fingerprint density at radius 1 is 1.55 bits per heavy atom. The van der Waals surface area contributed by atoms with Gasteiger partial charge in [0.05, 0.1) is 6.54 Å². The lowest BCUT2D eigenvalue weighted by atomic mass is 10.1. The van der Waals surface area contributed by atoms with Gasteiger partial charge in [0.1, 0.15) is 0 Å². The topological polar surface area (TPSA) is 15.3 Å². The minimum atomic E-state index is -2.18. The SMILES string of the molecule is CCNC1CN(CC(F)F)C1. The van der Waals surface area contributed by atoms with E-state index in [9.17, 15) is 8.78 Å². The Morgan fingerprint density at radius 2 is 2.18 bits per heavy atom. The molecule has 66 valence electrons. The van der Waals surface area contributed by atoms with Crippen molar-refractivity contribution >= 4 is 0 Å². The fourth-order valence-corrected chi connectivity index (χ4v) is 1.33. The summed E-state index contributed by atoms with van der Waals surface area (Å²) in [5.41, 5.74) is 0. The normalized spacial score (nSPS) is 20.7. The van der Waals surface area contributed by atoms with E-state index >= 15 is 0 Å². The average molecular weight is 164 g/mol. The summed E-state index contributed by atoms with van der Waals surface area (Å²) in [6.07, 6.45) is -2.18. The van der Waals surface area contributed by atoms with Crippen LogP contribution in [-0.4, -0.2) is 43.5 Å². The molecule has 0 aromatic carbocycles. The van der Waals surface area contributed by atoms with Crippen LogP contribution in [0.15, 0.2) is 0 Å². The van der Waals surface area contributed by atoms with E-state index in [-0.39, 0.29) is 6.54 Å². The Balaban J connectivity index is 2.00. The van der Waals surface area contributed by atoms with Gasteiger partial charge in [0.15, 0.2) is 0 Å². The molecule has 0 aliphatic carbocycles. The summed E-state index contributed by atoms with van der Waals surface area (Å²) in [5, 5.41) is 3.20. The highest BCUT2D eigenvalue weighted by Crippen LogP contribution is 2.09. The van der Waals surface area contributed by atoms with Gasteiger partial charge < -0.3 is 5.32 Å². The van der Waals surface area contributed by atoms with Gasteiger partial charge in [0.25, 0.3) is 6.43 Å². The lowest BCUT2D eigenvalue weighted by Crippen LogP contribution is -2.58. The number of likely N-dealkylation sites (N-methyl/N-ethyl adjacent to an activating group) is 1. The molecule has 1 heterocycles. The second-order valence-corrected chi connectivity index (χ2v) is 2.86. The molecule has 0 unspecified atom stereocenters. The highest BCUT2D eigenvalue weighted by Gasteiger charge is 2.27. The molecular formula is C7H14F2N2. The Bertz CT molecular complexity index is 113. The lowest BCUT2D eigenvalue weighted by molar-refractivity contribution is 0.0398. The molecular weight excluding hydrogens is 150 g/mol. The molecule has 0 bridgehead atoms. The summed E-state index contributed by atoms with van der Waals surface area (Å²) in [7, 11) is 0. The summed E-state index contributed by atoms with van der Waals surface area (Å²) in [6, 6.07) is 0.443.